The molecule has 106 valence electrons. The van der Waals surface area contributed by atoms with Crippen LogP contribution in [0, 0.1) is 6.92 Å². The van der Waals surface area contributed by atoms with Crippen molar-refractivity contribution >= 4 is 11.9 Å². The maximum absolute atomic E-state index is 12.1. The fourth-order valence-corrected chi connectivity index (χ4v) is 1.79. The van der Waals surface area contributed by atoms with E-state index in [1.54, 1.807) is 25.1 Å². The van der Waals surface area contributed by atoms with Crippen LogP contribution in [-0.2, 0) is 4.79 Å². The Morgan fingerprint density at radius 3 is 2.75 bits per heavy atom. The van der Waals surface area contributed by atoms with Crippen LogP contribution in [0.4, 0.5) is 0 Å². The Morgan fingerprint density at radius 2 is 2.20 bits per heavy atom. The summed E-state index contributed by atoms with van der Waals surface area (Å²) in [6.07, 6.45) is 0. The summed E-state index contributed by atoms with van der Waals surface area (Å²) in [5, 5.41) is 15.4. The average molecular weight is 277 g/mol. The van der Waals surface area contributed by atoms with Gasteiger partial charge in [-0.3, -0.25) is 14.7 Å². The van der Waals surface area contributed by atoms with Crippen molar-refractivity contribution in [3.63, 3.8) is 0 Å². The van der Waals surface area contributed by atoms with Crippen LogP contribution in [0.2, 0.25) is 0 Å². The monoisotopic (exact) mass is 277 g/mol. The Labute approximate surface area is 115 Å². The van der Waals surface area contributed by atoms with E-state index >= 15 is 0 Å². The van der Waals surface area contributed by atoms with E-state index in [0.717, 1.165) is 5.76 Å². The van der Waals surface area contributed by atoms with Gasteiger partial charge in [0.05, 0.1) is 0 Å². The molecular formula is C13H15N3O4. The molecule has 0 bridgehead atoms. The van der Waals surface area contributed by atoms with Crippen molar-refractivity contribution in [3.8, 4) is 11.5 Å². The number of aromatic nitrogens is 2. The average Bonchev–Trinajstić information content (AvgIpc) is 3.03. The molecule has 2 rings (SSSR count). The van der Waals surface area contributed by atoms with Crippen LogP contribution < -0.4 is 0 Å². The molecule has 2 N–H and O–H groups in total. The first-order valence-electron chi connectivity index (χ1n) is 6.14. The largest absolute Gasteiger partial charge is 0.480 e. The lowest BCUT2D eigenvalue weighted by atomic mass is 10.2. The second kappa shape index (κ2) is 5.60. The van der Waals surface area contributed by atoms with Crippen LogP contribution in [0.1, 0.15) is 23.2 Å². The number of carbonyl (C=O) groups is 2. The van der Waals surface area contributed by atoms with Crippen molar-refractivity contribution < 1.29 is 19.1 Å². The summed E-state index contributed by atoms with van der Waals surface area (Å²) in [6, 6.07) is 5.12. The Balaban J connectivity index is 2.19. The minimum Gasteiger partial charge on any atom is -0.480 e. The molecule has 2 aromatic rings. The molecule has 7 nitrogen and oxygen atoms in total. The van der Waals surface area contributed by atoms with Crippen molar-refractivity contribution in [2.75, 3.05) is 13.1 Å². The number of rotatable bonds is 5. The zero-order chi connectivity index (χ0) is 14.7. The number of aromatic amines is 1. The van der Waals surface area contributed by atoms with Crippen molar-refractivity contribution in [1.29, 1.82) is 0 Å². The number of carbonyl (C=O) groups excluding carboxylic acids is 1. The minimum absolute atomic E-state index is 0.164. The fraction of sp³-hybridized carbons (Fsp3) is 0.308. The normalized spacial score (nSPS) is 10.5. The third-order valence-electron chi connectivity index (χ3n) is 2.80. The number of nitrogens with zero attached hydrogens (tertiary/aromatic N) is 2. The van der Waals surface area contributed by atoms with Crippen LogP contribution in [0.3, 0.4) is 0 Å². The van der Waals surface area contributed by atoms with E-state index in [1.807, 2.05) is 6.92 Å². The van der Waals surface area contributed by atoms with Gasteiger partial charge in [0, 0.05) is 12.6 Å². The molecular weight excluding hydrogens is 262 g/mol. The highest BCUT2D eigenvalue weighted by Crippen LogP contribution is 2.20. The maximum Gasteiger partial charge on any atom is 0.323 e. The van der Waals surface area contributed by atoms with Gasteiger partial charge in [0.25, 0.3) is 5.91 Å². The molecule has 0 aliphatic carbocycles. The fourth-order valence-electron chi connectivity index (χ4n) is 1.79. The summed E-state index contributed by atoms with van der Waals surface area (Å²) >= 11 is 0. The topological polar surface area (TPSA) is 99.4 Å². The van der Waals surface area contributed by atoms with Gasteiger partial charge in [0.15, 0.2) is 11.5 Å². The Hall–Kier alpha value is -2.57. The third-order valence-corrected chi connectivity index (χ3v) is 2.80. The first kappa shape index (κ1) is 13.9. The molecule has 0 aromatic carbocycles. The molecule has 0 fully saturated rings. The number of aliphatic carboxylic acids is 1. The zero-order valence-corrected chi connectivity index (χ0v) is 11.2. The molecule has 0 unspecified atom stereocenters. The van der Waals surface area contributed by atoms with E-state index in [4.69, 9.17) is 9.52 Å². The molecule has 0 aliphatic heterocycles. The van der Waals surface area contributed by atoms with Crippen molar-refractivity contribution in [3.05, 3.63) is 29.7 Å². The van der Waals surface area contributed by atoms with E-state index in [9.17, 15) is 9.59 Å². The van der Waals surface area contributed by atoms with Crippen LogP contribution >= 0.6 is 0 Å². The van der Waals surface area contributed by atoms with Crippen molar-refractivity contribution in [2.45, 2.75) is 13.8 Å². The van der Waals surface area contributed by atoms with Crippen LogP contribution in [0.25, 0.3) is 11.5 Å². The van der Waals surface area contributed by atoms with E-state index in [0.29, 0.717) is 18.0 Å². The molecule has 2 heterocycles. The summed E-state index contributed by atoms with van der Waals surface area (Å²) in [5.74, 6) is -0.155. The minimum atomic E-state index is -1.06. The number of hydrogen-bond donors (Lipinski definition) is 2. The van der Waals surface area contributed by atoms with E-state index in [1.165, 1.54) is 4.90 Å². The number of carboxylic acid groups (broad SMARTS) is 1. The zero-order valence-electron chi connectivity index (χ0n) is 11.2. The van der Waals surface area contributed by atoms with E-state index in [2.05, 4.69) is 10.2 Å². The predicted octanol–water partition coefficient (Wildman–Crippen LogP) is 1.52. The first-order valence-corrected chi connectivity index (χ1v) is 6.14. The molecule has 0 radical (unpaired) electrons. The van der Waals surface area contributed by atoms with Gasteiger partial charge in [-0.15, -0.1) is 0 Å². The summed E-state index contributed by atoms with van der Waals surface area (Å²) in [4.78, 5) is 24.0. The highest BCUT2D eigenvalue weighted by atomic mass is 16.4. The van der Waals surface area contributed by atoms with Gasteiger partial charge in [-0.05, 0) is 26.0 Å². The van der Waals surface area contributed by atoms with Crippen molar-refractivity contribution in [2.24, 2.45) is 0 Å². The standard InChI is InChI=1S/C13H15N3O4/c1-3-16(7-12(17)18)13(19)10-6-9(14-15-10)11-5-4-8(2)20-11/h4-6H,3,7H2,1-2H3,(H,14,15)(H,17,18). The van der Waals surface area contributed by atoms with Crippen LogP contribution in [0.5, 0.6) is 0 Å². The summed E-state index contributed by atoms with van der Waals surface area (Å²) in [6.45, 7) is 3.48. The van der Waals surface area contributed by atoms with Gasteiger partial charge in [0.2, 0.25) is 0 Å². The van der Waals surface area contributed by atoms with Gasteiger partial charge < -0.3 is 14.4 Å². The van der Waals surface area contributed by atoms with Gasteiger partial charge in [-0.2, -0.15) is 5.10 Å². The molecule has 0 saturated heterocycles. The molecule has 0 saturated carbocycles. The lowest BCUT2D eigenvalue weighted by Gasteiger charge is -2.16. The molecule has 1 amide bonds. The number of likely N-dealkylation sites (N-methyl/N-ethyl adjacent to an activating group) is 1. The predicted molar refractivity (Wildman–Crippen MR) is 70.2 cm³/mol. The molecule has 0 atom stereocenters. The number of H-pyrrole nitrogens is 1. The number of furan rings is 1. The van der Waals surface area contributed by atoms with Gasteiger partial charge in [0.1, 0.15) is 18.0 Å². The summed E-state index contributed by atoms with van der Waals surface area (Å²) < 4.78 is 5.42. The number of nitrogens with one attached hydrogen (secondary N) is 1. The Morgan fingerprint density at radius 1 is 1.45 bits per heavy atom. The van der Waals surface area contributed by atoms with Crippen LogP contribution in [0.15, 0.2) is 22.6 Å². The van der Waals surface area contributed by atoms with Gasteiger partial charge >= 0.3 is 5.97 Å². The number of carboxylic acids is 1. The smallest absolute Gasteiger partial charge is 0.323 e. The molecule has 20 heavy (non-hydrogen) atoms. The first-order chi connectivity index (χ1) is 9.51. The number of aryl methyl sites for hydroxylation is 1. The number of hydrogen-bond acceptors (Lipinski definition) is 4. The molecule has 7 heteroatoms. The Bertz CT molecular complexity index is 629. The second-order valence-electron chi connectivity index (χ2n) is 4.29. The molecule has 0 aliphatic rings. The molecule has 2 aromatic heterocycles. The lowest BCUT2D eigenvalue weighted by Crippen LogP contribution is -2.35. The highest BCUT2D eigenvalue weighted by Gasteiger charge is 2.20. The van der Waals surface area contributed by atoms with Crippen molar-refractivity contribution in [1.82, 2.24) is 15.1 Å². The second-order valence-corrected chi connectivity index (χ2v) is 4.29. The highest BCUT2D eigenvalue weighted by molar-refractivity contribution is 5.94. The number of amides is 1. The summed E-state index contributed by atoms with van der Waals surface area (Å²) in [7, 11) is 0. The van der Waals surface area contributed by atoms with Crippen LogP contribution in [-0.4, -0.2) is 45.2 Å². The molecule has 0 spiro atoms. The Kier molecular flexibility index (Phi) is 3.88. The van der Waals surface area contributed by atoms with Gasteiger partial charge in [-0.1, -0.05) is 0 Å². The summed E-state index contributed by atoms with van der Waals surface area (Å²) in [5.41, 5.74) is 0.741. The SMILES string of the molecule is CCN(CC(=O)O)C(=O)c1cc(-c2ccc(C)o2)[nH]n1. The lowest BCUT2D eigenvalue weighted by molar-refractivity contribution is -0.137. The van der Waals surface area contributed by atoms with Gasteiger partial charge in [-0.25, -0.2) is 0 Å². The quantitative estimate of drug-likeness (QED) is 0.863. The third kappa shape index (κ3) is 2.87. The maximum atomic E-state index is 12.1. The van der Waals surface area contributed by atoms with E-state index in [-0.39, 0.29) is 12.2 Å². The van der Waals surface area contributed by atoms with E-state index < -0.39 is 11.9 Å².